The number of halogens is 2. The summed E-state index contributed by atoms with van der Waals surface area (Å²) in [5, 5.41) is 15.3. The standard InChI is InChI=1S/C23H15I2N3O5/c24-17-4-1-14(2-5-17)13-32-21-7-3-15(9-19(21)25)12-26-27-23(29)22-11-16-10-18(28(30)31)6-8-20(16)33-22/h1-12H,13H2,(H,27,29)/b26-12+. The summed E-state index contributed by atoms with van der Waals surface area (Å²) < 4.78 is 13.4. The first-order valence-corrected chi connectivity index (χ1v) is 11.7. The average Bonchev–Trinajstić information content (AvgIpc) is 3.23. The summed E-state index contributed by atoms with van der Waals surface area (Å²) in [5.41, 5.74) is 4.57. The van der Waals surface area contributed by atoms with E-state index < -0.39 is 10.8 Å². The molecule has 1 N–H and O–H groups in total. The largest absolute Gasteiger partial charge is 0.488 e. The molecular weight excluding hydrogens is 652 g/mol. The molecule has 1 heterocycles. The van der Waals surface area contributed by atoms with Gasteiger partial charge in [-0.3, -0.25) is 14.9 Å². The summed E-state index contributed by atoms with van der Waals surface area (Å²) >= 11 is 4.45. The van der Waals surface area contributed by atoms with Crippen molar-refractivity contribution in [3.05, 3.63) is 101 Å². The Kier molecular flexibility index (Phi) is 7.23. The molecule has 0 aliphatic carbocycles. The van der Waals surface area contributed by atoms with E-state index in [0.717, 1.165) is 20.4 Å². The number of furan rings is 1. The number of benzene rings is 3. The first kappa shape index (κ1) is 23.2. The minimum atomic E-state index is -0.558. The molecule has 0 radical (unpaired) electrons. The number of non-ortho nitro benzene ring substituents is 1. The van der Waals surface area contributed by atoms with Crippen LogP contribution in [0.1, 0.15) is 21.7 Å². The number of hydrazone groups is 1. The quantitative estimate of drug-likeness (QED) is 0.115. The number of nitro benzene ring substituents is 1. The van der Waals surface area contributed by atoms with E-state index in [0.29, 0.717) is 17.6 Å². The maximum Gasteiger partial charge on any atom is 0.307 e. The van der Waals surface area contributed by atoms with Crippen LogP contribution in [0.5, 0.6) is 5.75 Å². The zero-order valence-electron chi connectivity index (χ0n) is 16.8. The van der Waals surface area contributed by atoms with E-state index in [-0.39, 0.29) is 11.4 Å². The second-order valence-electron chi connectivity index (χ2n) is 6.89. The van der Waals surface area contributed by atoms with Gasteiger partial charge in [-0.05, 0) is 98.8 Å². The first-order chi connectivity index (χ1) is 15.9. The molecule has 0 aliphatic heterocycles. The summed E-state index contributed by atoms with van der Waals surface area (Å²) in [6.07, 6.45) is 1.51. The second-order valence-corrected chi connectivity index (χ2v) is 9.30. The fourth-order valence-corrected chi connectivity index (χ4v) is 3.99. The Morgan fingerprint density at radius 2 is 1.88 bits per heavy atom. The van der Waals surface area contributed by atoms with Crippen molar-refractivity contribution < 1.29 is 18.9 Å². The molecule has 0 spiro atoms. The Hall–Kier alpha value is -3.00. The predicted molar refractivity (Wildman–Crippen MR) is 141 cm³/mol. The molecule has 1 aromatic heterocycles. The van der Waals surface area contributed by atoms with Crippen LogP contribution in [0.3, 0.4) is 0 Å². The maximum atomic E-state index is 12.3. The molecule has 4 aromatic rings. The molecule has 10 heteroatoms. The first-order valence-electron chi connectivity index (χ1n) is 9.57. The van der Waals surface area contributed by atoms with Gasteiger partial charge in [0.05, 0.1) is 14.7 Å². The summed E-state index contributed by atoms with van der Waals surface area (Å²) in [6, 6.07) is 19.3. The van der Waals surface area contributed by atoms with Crippen molar-refractivity contribution in [2.45, 2.75) is 6.61 Å². The molecule has 8 nitrogen and oxygen atoms in total. The number of rotatable bonds is 7. The third-order valence-electron chi connectivity index (χ3n) is 4.58. The number of hydrogen-bond acceptors (Lipinski definition) is 6. The average molecular weight is 667 g/mol. The third-order valence-corrected chi connectivity index (χ3v) is 6.14. The van der Waals surface area contributed by atoms with Crippen LogP contribution in [-0.4, -0.2) is 17.0 Å². The van der Waals surface area contributed by atoms with E-state index in [1.54, 1.807) is 0 Å². The molecule has 0 unspecified atom stereocenters. The van der Waals surface area contributed by atoms with Gasteiger partial charge in [0.1, 0.15) is 17.9 Å². The Bertz CT molecular complexity index is 1370. The van der Waals surface area contributed by atoms with Crippen molar-refractivity contribution in [2.75, 3.05) is 0 Å². The van der Waals surface area contributed by atoms with Crippen LogP contribution in [0.4, 0.5) is 5.69 Å². The molecule has 0 saturated carbocycles. The zero-order chi connectivity index (χ0) is 23.4. The van der Waals surface area contributed by atoms with Gasteiger partial charge >= 0.3 is 5.91 Å². The fourth-order valence-electron chi connectivity index (χ4n) is 2.93. The van der Waals surface area contributed by atoms with Crippen LogP contribution < -0.4 is 10.2 Å². The van der Waals surface area contributed by atoms with Gasteiger partial charge in [0.25, 0.3) is 5.69 Å². The van der Waals surface area contributed by atoms with Gasteiger partial charge in [-0.25, -0.2) is 5.43 Å². The van der Waals surface area contributed by atoms with Crippen LogP contribution >= 0.6 is 45.2 Å². The summed E-state index contributed by atoms with van der Waals surface area (Å²) in [6.45, 7) is 0.469. The fraction of sp³-hybridized carbons (Fsp3) is 0.0435. The number of carbonyl (C=O) groups excluding carboxylic acids is 1. The van der Waals surface area contributed by atoms with Gasteiger partial charge in [-0.2, -0.15) is 5.10 Å². The number of hydrogen-bond donors (Lipinski definition) is 1. The number of nitrogens with one attached hydrogen (secondary N) is 1. The van der Waals surface area contributed by atoms with Crippen LogP contribution in [0.2, 0.25) is 0 Å². The lowest BCUT2D eigenvalue weighted by molar-refractivity contribution is -0.384. The van der Waals surface area contributed by atoms with Crippen LogP contribution in [0.25, 0.3) is 11.0 Å². The molecule has 0 bridgehead atoms. The molecule has 0 fully saturated rings. The van der Waals surface area contributed by atoms with Crippen LogP contribution in [-0.2, 0) is 6.61 Å². The molecule has 0 aliphatic rings. The van der Waals surface area contributed by atoms with Crippen molar-refractivity contribution in [3.8, 4) is 5.75 Å². The normalized spacial score (nSPS) is 11.1. The number of amides is 1. The van der Waals surface area contributed by atoms with E-state index >= 15 is 0 Å². The van der Waals surface area contributed by atoms with Gasteiger partial charge in [-0.15, -0.1) is 0 Å². The van der Waals surface area contributed by atoms with E-state index in [1.165, 1.54) is 34.1 Å². The van der Waals surface area contributed by atoms with Crippen molar-refractivity contribution in [1.82, 2.24) is 5.43 Å². The zero-order valence-corrected chi connectivity index (χ0v) is 21.1. The summed E-state index contributed by atoms with van der Waals surface area (Å²) in [4.78, 5) is 22.7. The number of ether oxygens (including phenoxy) is 1. The Balaban J connectivity index is 1.37. The molecule has 4 rings (SSSR count). The number of fused-ring (bicyclic) bond motifs is 1. The topological polar surface area (TPSA) is 107 Å². The number of carbonyl (C=O) groups is 1. The lowest BCUT2D eigenvalue weighted by Crippen LogP contribution is -2.16. The molecule has 1 amide bonds. The van der Waals surface area contributed by atoms with E-state index in [4.69, 9.17) is 9.15 Å². The maximum absolute atomic E-state index is 12.3. The van der Waals surface area contributed by atoms with Gasteiger partial charge < -0.3 is 9.15 Å². The van der Waals surface area contributed by atoms with Gasteiger partial charge in [-0.1, -0.05) is 12.1 Å². The Morgan fingerprint density at radius 3 is 2.61 bits per heavy atom. The highest BCUT2D eigenvalue weighted by molar-refractivity contribution is 14.1. The third kappa shape index (κ3) is 5.87. The molecule has 0 atom stereocenters. The molecule has 3 aromatic carbocycles. The second kappa shape index (κ2) is 10.3. The van der Waals surface area contributed by atoms with Crippen molar-refractivity contribution in [1.29, 1.82) is 0 Å². The van der Waals surface area contributed by atoms with E-state index in [9.17, 15) is 14.9 Å². The molecular formula is C23H15I2N3O5. The Morgan fingerprint density at radius 1 is 1.09 bits per heavy atom. The lowest BCUT2D eigenvalue weighted by atomic mass is 10.2. The van der Waals surface area contributed by atoms with Crippen LogP contribution in [0.15, 0.2) is 76.2 Å². The van der Waals surface area contributed by atoms with Crippen molar-refractivity contribution >= 4 is 74.0 Å². The minimum Gasteiger partial charge on any atom is -0.488 e. The monoisotopic (exact) mass is 667 g/mol. The van der Waals surface area contributed by atoms with E-state index in [2.05, 4.69) is 55.7 Å². The van der Waals surface area contributed by atoms with Gasteiger partial charge in [0.2, 0.25) is 0 Å². The smallest absolute Gasteiger partial charge is 0.307 e. The summed E-state index contributed by atoms with van der Waals surface area (Å²) in [7, 11) is 0. The highest BCUT2D eigenvalue weighted by Crippen LogP contribution is 2.25. The molecule has 0 saturated heterocycles. The van der Waals surface area contributed by atoms with Gasteiger partial charge in [0, 0.05) is 21.1 Å². The van der Waals surface area contributed by atoms with Gasteiger partial charge in [0.15, 0.2) is 5.76 Å². The predicted octanol–water partition coefficient (Wildman–Crippen LogP) is 5.89. The van der Waals surface area contributed by atoms with Crippen LogP contribution in [0, 0.1) is 17.3 Å². The van der Waals surface area contributed by atoms with Crippen molar-refractivity contribution in [3.63, 3.8) is 0 Å². The highest BCUT2D eigenvalue weighted by atomic mass is 127. The SMILES string of the molecule is O=C(N/N=C/c1ccc(OCc2ccc(I)cc2)c(I)c1)c1cc2cc([N+](=O)[O-])ccc2o1. The van der Waals surface area contributed by atoms with E-state index in [1.807, 2.05) is 42.5 Å². The lowest BCUT2D eigenvalue weighted by Gasteiger charge is -2.09. The number of nitrogens with zero attached hydrogens (tertiary/aromatic N) is 2. The summed E-state index contributed by atoms with van der Waals surface area (Å²) in [5.74, 6) is 0.209. The van der Waals surface area contributed by atoms with Crippen molar-refractivity contribution in [2.24, 2.45) is 5.10 Å². The number of nitro groups is 1. The highest BCUT2D eigenvalue weighted by Gasteiger charge is 2.14. The Labute approximate surface area is 215 Å². The minimum absolute atomic E-state index is 0.0107. The molecule has 166 valence electrons. The molecule has 33 heavy (non-hydrogen) atoms.